The molecule has 0 atom stereocenters. The Morgan fingerprint density at radius 2 is 1.58 bits per heavy atom. The average Bonchev–Trinajstić information content (AvgIpc) is 2.55. The van der Waals surface area contributed by atoms with Crippen LogP contribution in [-0.4, -0.2) is 44.2 Å². The molecule has 0 aliphatic heterocycles. The van der Waals surface area contributed by atoms with Crippen molar-refractivity contribution >= 4 is 27.5 Å². The zero-order chi connectivity index (χ0) is 17.9. The number of nitrogens with zero attached hydrogens (tertiary/aromatic N) is 1. The molecule has 1 aromatic rings. The molecule has 1 rings (SSSR count). The van der Waals surface area contributed by atoms with Gasteiger partial charge in [0.1, 0.15) is 0 Å². The molecule has 0 aliphatic rings. The lowest BCUT2D eigenvalue weighted by atomic mass is 10.0. The number of pyridine rings is 1. The summed E-state index contributed by atoms with van der Waals surface area (Å²) in [4.78, 5) is 24.6. The van der Waals surface area contributed by atoms with Crippen LogP contribution in [0.3, 0.4) is 0 Å². The summed E-state index contributed by atoms with van der Waals surface area (Å²) in [5.74, 6) is -0.262. The van der Waals surface area contributed by atoms with E-state index in [-0.39, 0.29) is 17.3 Å². The van der Waals surface area contributed by atoms with Crippen LogP contribution in [0.2, 0.25) is 0 Å². The highest BCUT2D eigenvalue weighted by molar-refractivity contribution is 9.10. The standard InChI is InChI=1S/C17H25BrNO5/c1-23-9-5-3-7-16(20)13-11-15(19(22)12-14(13)18)17(21)8-4-6-10-24-2/h11-12,22H,3-10H2,1-2H3/q+1. The van der Waals surface area contributed by atoms with Crippen molar-refractivity contribution in [3.8, 4) is 0 Å². The molecular formula is C17H25BrNO5+. The fourth-order valence-electron chi connectivity index (χ4n) is 2.27. The van der Waals surface area contributed by atoms with E-state index in [0.717, 1.165) is 17.6 Å². The van der Waals surface area contributed by atoms with Crippen LogP contribution in [0.5, 0.6) is 0 Å². The highest BCUT2D eigenvalue weighted by Crippen LogP contribution is 2.19. The Kier molecular flexibility index (Phi) is 9.75. The van der Waals surface area contributed by atoms with Gasteiger partial charge in [0.25, 0.3) is 0 Å². The molecule has 0 saturated carbocycles. The minimum absolute atomic E-state index is 0.0630. The van der Waals surface area contributed by atoms with Gasteiger partial charge in [-0.2, -0.15) is 0 Å². The van der Waals surface area contributed by atoms with E-state index in [9.17, 15) is 14.8 Å². The first kappa shape index (κ1) is 20.7. The van der Waals surface area contributed by atoms with Crippen molar-refractivity contribution in [2.24, 2.45) is 0 Å². The maximum absolute atomic E-state index is 12.3. The summed E-state index contributed by atoms with van der Waals surface area (Å²) in [5, 5.41) is 9.93. The lowest BCUT2D eigenvalue weighted by molar-refractivity contribution is -0.906. The van der Waals surface area contributed by atoms with Gasteiger partial charge in [0, 0.05) is 56.6 Å². The number of hydrogen-bond acceptors (Lipinski definition) is 5. The molecule has 7 heteroatoms. The fourth-order valence-corrected chi connectivity index (χ4v) is 2.80. The van der Waals surface area contributed by atoms with E-state index in [1.165, 1.54) is 12.3 Å². The van der Waals surface area contributed by atoms with Crippen LogP contribution < -0.4 is 4.73 Å². The first-order chi connectivity index (χ1) is 11.5. The van der Waals surface area contributed by atoms with Gasteiger partial charge in [-0.25, -0.2) is 0 Å². The van der Waals surface area contributed by atoms with E-state index in [1.807, 2.05) is 0 Å². The Morgan fingerprint density at radius 1 is 1.04 bits per heavy atom. The molecular weight excluding hydrogens is 378 g/mol. The third-order valence-electron chi connectivity index (χ3n) is 3.61. The highest BCUT2D eigenvalue weighted by Gasteiger charge is 2.24. The number of carbonyl (C=O) groups excluding carboxylic acids is 2. The lowest BCUT2D eigenvalue weighted by Gasteiger charge is -2.05. The number of Topliss-reactive ketones (excluding diaryl/α,β-unsaturated/α-hetero) is 2. The monoisotopic (exact) mass is 402 g/mol. The molecule has 134 valence electrons. The van der Waals surface area contributed by atoms with E-state index in [0.29, 0.717) is 48.9 Å². The largest absolute Gasteiger partial charge is 0.385 e. The van der Waals surface area contributed by atoms with Crippen LogP contribution in [0.4, 0.5) is 0 Å². The summed E-state index contributed by atoms with van der Waals surface area (Å²) in [6.45, 7) is 1.21. The summed E-state index contributed by atoms with van der Waals surface area (Å²) in [5.41, 5.74) is 0.536. The normalized spacial score (nSPS) is 10.8. The van der Waals surface area contributed by atoms with Crippen LogP contribution in [0.15, 0.2) is 16.7 Å². The molecule has 0 saturated heterocycles. The molecule has 1 N–H and O–H groups in total. The molecule has 6 nitrogen and oxygen atoms in total. The fraction of sp³-hybridized carbons (Fsp3) is 0.588. The van der Waals surface area contributed by atoms with Crippen molar-refractivity contribution in [3.63, 3.8) is 0 Å². The van der Waals surface area contributed by atoms with Crippen LogP contribution in [0.25, 0.3) is 0 Å². The Labute approximate surface area is 150 Å². The quantitative estimate of drug-likeness (QED) is 0.251. The van der Waals surface area contributed by atoms with Gasteiger partial charge in [-0.3, -0.25) is 14.8 Å². The van der Waals surface area contributed by atoms with Crippen molar-refractivity contribution in [2.75, 3.05) is 27.4 Å². The predicted octanol–water partition coefficient (Wildman–Crippen LogP) is 2.97. The van der Waals surface area contributed by atoms with Crippen molar-refractivity contribution in [3.05, 3.63) is 28.0 Å². The predicted molar refractivity (Wildman–Crippen MR) is 91.6 cm³/mol. The lowest BCUT2D eigenvalue weighted by Crippen LogP contribution is -2.38. The molecule has 1 aromatic heterocycles. The van der Waals surface area contributed by atoms with Crippen LogP contribution in [-0.2, 0) is 9.47 Å². The number of aromatic nitrogens is 1. The summed E-state index contributed by atoms with van der Waals surface area (Å²) >= 11 is 3.27. The third kappa shape index (κ3) is 6.67. The minimum Gasteiger partial charge on any atom is -0.385 e. The number of methoxy groups -OCH3 is 2. The van der Waals surface area contributed by atoms with E-state index in [4.69, 9.17) is 9.47 Å². The summed E-state index contributed by atoms with van der Waals surface area (Å²) < 4.78 is 11.2. The Balaban J connectivity index is 2.76. The van der Waals surface area contributed by atoms with E-state index in [1.54, 1.807) is 14.2 Å². The van der Waals surface area contributed by atoms with Crippen molar-refractivity contribution in [1.82, 2.24) is 0 Å². The maximum Gasteiger partial charge on any atom is 0.300 e. The van der Waals surface area contributed by atoms with Gasteiger partial charge >= 0.3 is 5.69 Å². The molecule has 0 radical (unpaired) electrons. The van der Waals surface area contributed by atoms with Gasteiger partial charge in [-0.05, 0) is 41.6 Å². The second kappa shape index (κ2) is 11.3. The number of hydrogen-bond donors (Lipinski definition) is 1. The minimum atomic E-state index is -0.200. The molecule has 0 fully saturated rings. The molecule has 1 heterocycles. The molecule has 0 unspecified atom stereocenters. The number of carbonyl (C=O) groups is 2. The third-order valence-corrected chi connectivity index (χ3v) is 4.24. The van der Waals surface area contributed by atoms with Gasteiger partial charge in [-0.15, -0.1) is 0 Å². The number of rotatable bonds is 12. The molecule has 0 amide bonds. The number of unbranched alkanes of at least 4 members (excludes halogenated alkanes) is 2. The average molecular weight is 403 g/mol. The summed E-state index contributed by atoms with van der Waals surface area (Å²) in [6.07, 6.45) is 4.97. The Hall–Kier alpha value is -1.31. The van der Waals surface area contributed by atoms with E-state index in [2.05, 4.69) is 15.9 Å². The molecule has 0 bridgehead atoms. The molecule has 0 aliphatic carbocycles. The Bertz CT molecular complexity index is 517. The van der Waals surface area contributed by atoms with Crippen LogP contribution in [0.1, 0.15) is 59.4 Å². The smallest absolute Gasteiger partial charge is 0.300 e. The zero-order valence-electron chi connectivity index (χ0n) is 14.2. The SMILES string of the molecule is COCCCCC(=O)c1cc(C(=O)CCCCOC)[n+](O)cc1Br. The number of ether oxygens (including phenoxy) is 2. The topological polar surface area (TPSA) is 76.7 Å². The molecule has 0 aromatic carbocycles. The summed E-state index contributed by atoms with van der Waals surface area (Å²) in [7, 11) is 3.24. The van der Waals surface area contributed by atoms with Crippen LogP contribution in [0, 0.1) is 0 Å². The van der Waals surface area contributed by atoms with Crippen molar-refractivity contribution in [1.29, 1.82) is 0 Å². The molecule has 0 spiro atoms. The highest BCUT2D eigenvalue weighted by atomic mass is 79.9. The van der Waals surface area contributed by atoms with Crippen LogP contribution >= 0.6 is 15.9 Å². The van der Waals surface area contributed by atoms with E-state index >= 15 is 0 Å². The second-order valence-electron chi connectivity index (χ2n) is 5.51. The van der Waals surface area contributed by atoms with Gasteiger partial charge in [-0.1, -0.05) is 0 Å². The zero-order valence-corrected chi connectivity index (χ0v) is 15.8. The van der Waals surface area contributed by atoms with Crippen molar-refractivity contribution < 1.29 is 29.0 Å². The number of ketones is 2. The number of halogens is 1. The van der Waals surface area contributed by atoms with Gasteiger partial charge < -0.3 is 9.47 Å². The Morgan fingerprint density at radius 3 is 2.12 bits per heavy atom. The van der Waals surface area contributed by atoms with Crippen molar-refractivity contribution in [2.45, 2.75) is 38.5 Å². The first-order valence-electron chi connectivity index (χ1n) is 8.00. The first-order valence-corrected chi connectivity index (χ1v) is 8.79. The van der Waals surface area contributed by atoms with E-state index < -0.39 is 0 Å². The maximum atomic E-state index is 12.3. The summed E-state index contributed by atoms with van der Waals surface area (Å²) in [6, 6.07) is 1.46. The van der Waals surface area contributed by atoms with Gasteiger partial charge in [0.05, 0.1) is 4.47 Å². The van der Waals surface area contributed by atoms with Gasteiger partial charge in [0.15, 0.2) is 5.78 Å². The van der Waals surface area contributed by atoms with Gasteiger partial charge in [0.2, 0.25) is 12.0 Å². The molecule has 24 heavy (non-hydrogen) atoms. The second-order valence-corrected chi connectivity index (χ2v) is 6.37.